The molecular formula is C17H18Cl2N2O3S. The van der Waals surface area contributed by atoms with Crippen LogP contribution in [0.5, 0.6) is 0 Å². The van der Waals surface area contributed by atoms with Crippen molar-refractivity contribution in [1.82, 2.24) is 0 Å². The molecule has 5 nitrogen and oxygen atoms in total. The van der Waals surface area contributed by atoms with Gasteiger partial charge >= 0.3 is 0 Å². The maximum Gasteiger partial charge on any atom is 0.248 e. The van der Waals surface area contributed by atoms with E-state index in [-0.39, 0.29) is 5.02 Å². The molecule has 0 aliphatic carbocycles. The first-order chi connectivity index (χ1) is 11.6. The van der Waals surface area contributed by atoms with Gasteiger partial charge in [-0.25, -0.2) is 8.42 Å². The molecule has 2 aromatic rings. The molecule has 25 heavy (non-hydrogen) atoms. The van der Waals surface area contributed by atoms with Crippen LogP contribution in [0, 0.1) is 6.92 Å². The molecule has 0 aliphatic rings. The fourth-order valence-electron chi connectivity index (χ4n) is 2.34. The average Bonchev–Trinajstić information content (AvgIpc) is 2.52. The number of aryl methyl sites for hydroxylation is 1. The predicted octanol–water partition coefficient (Wildman–Crippen LogP) is 4.10. The molecule has 0 saturated carbocycles. The Morgan fingerprint density at radius 2 is 1.72 bits per heavy atom. The van der Waals surface area contributed by atoms with E-state index in [1.807, 2.05) is 6.92 Å². The van der Waals surface area contributed by atoms with E-state index in [9.17, 15) is 13.2 Å². The van der Waals surface area contributed by atoms with Crippen molar-refractivity contribution in [2.45, 2.75) is 19.9 Å². The Bertz CT molecular complexity index is 883. The maximum atomic E-state index is 12.6. The van der Waals surface area contributed by atoms with Crippen molar-refractivity contribution >= 4 is 50.5 Å². The SMILES string of the molecule is Cc1ccc(N([C@H](C)C(=O)Nc2cccc(Cl)c2Cl)S(C)(=O)=O)cc1. The maximum absolute atomic E-state index is 12.6. The third-order valence-electron chi connectivity index (χ3n) is 3.59. The van der Waals surface area contributed by atoms with Crippen molar-refractivity contribution in [3.8, 4) is 0 Å². The molecule has 0 aliphatic heterocycles. The fraction of sp³-hybridized carbons (Fsp3) is 0.235. The third kappa shape index (κ3) is 4.66. The Kier molecular flexibility index (Phi) is 5.98. The first-order valence-corrected chi connectivity index (χ1v) is 10.0. The zero-order chi connectivity index (χ0) is 18.8. The van der Waals surface area contributed by atoms with E-state index >= 15 is 0 Å². The summed E-state index contributed by atoms with van der Waals surface area (Å²) in [5, 5.41) is 3.12. The number of hydrogen-bond acceptors (Lipinski definition) is 3. The van der Waals surface area contributed by atoms with Gasteiger partial charge in [-0.2, -0.15) is 0 Å². The summed E-state index contributed by atoms with van der Waals surface area (Å²) >= 11 is 12.0. The van der Waals surface area contributed by atoms with Crippen molar-refractivity contribution in [3.05, 3.63) is 58.1 Å². The molecule has 2 aromatic carbocycles. The van der Waals surface area contributed by atoms with E-state index < -0.39 is 22.0 Å². The van der Waals surface area contributed by atoms with Crippen molar-refractivity contribution in [2.75, 3.05) is 15.9 Å². The highest BCUT2D eigenvalue weighted by Crippen LogP contribution is 2.30. The second-order valence-corrected chi connectivity index (χ2v) is 8.31. The van der Waals surface area contributed by atoms with E-state index in [4.69, 9.17) is 23.2 Å². The smallest absolute Gasteiger partial charge is 0.248 e. The zero-order valence-corrected chi connectivity index (χ0v) is 16.3. The molecule has 0 fully saturated rings. The van der Waals surface area contributed by atoms with Crippen LogP contribution in [0.4, 0.5) is 11.4 Å². The van der Waals surface area contributed by atoms with Gasteiger partial charge in [-0.3, -0.25) is 9.10 Å². The van der Waals surface area contributed by atoms with Crippen LogP contribution in [0.3, 0.4) is 0 Å². The Labute approximate surface area is 157 Å². The van der Waals surface area contributed by atoms with Gasteiger partial charge in [0.1, 0.15) is 6.04 Å². The lowest BCUT2D eigenvalue weighted by molar-refractivity contribution is -0.116. The molecule has 0 unspecified atom stereocenters. The quantitative estimate of drug-likeness (QED) is 0.821. The molecule has 0 radical (unpaired) electrons. The summed E-state index contributed by atoms with van der Waals surface area (Å²) in [6.45, 7) is 3.40. The van der Waals surface area contributed by atoms with Gasteiger partial charge in [0.25, 0.3) is 0 Å². The minimum Gasteiger partial charge on any atom is -0.323 e. The summed E-state index contributed by atoms with van der Waals surface area (Å²) in [5.74, 6) is -0.518. The van der Waals surface area contributed by atoms with Gasteiger partial charge < -0.3 is 5.32 Å². The van der Waals surface area contributed by atoms with Gasteiger partial charge in [0.15, 0.2) is 0 Å². The Hall–Kier alpha value is -1.76. The monoisotopic (exact) mass is 400 g/mol. The molecule has 0 spiro atoms. The minimum absolute atomic E-state index is 0.200. The van der Waals surface area contributed by atoms with Crippen molar-refractivity contribution in [2.24, 2.45) is 0 Å². The van der Waals surface area contributed by atoms with E-state index in [1.54, 1.807) is 42.5 Å². The number of hydrogen-bond donors (Lipinski definition) is 1. The first kappa shape index (κ1) is 19.6. The summed E-state index contributed by atoms with van der Waals surface area (Å²) < 4.78 is 25.5. The lowest BCUT2D eigenvalue weighted by Gasteiger charge is -2.28. The number of sulfonamides is 1. The van der Waals surface area contributed by atoms with E-state index in [0.717, 1.165) is 16.1 Å². The molecule has 134 valence electrons. The average molecular weight is 401 g/mol. The third-order valence-corrected chi connectivity index (χ3v) is 5.65. The molecule has 0 aromatic heterocycles. The fourth-order valence-corrected chi connectivity index (χ4v) is 3.86. The Morgan fingerprint density at radius 1 is 1.12 bits per heavy atom. The predicted molar refractivity (Wildman–Crippen MR) is 103 cm³/mol. The van der Waals surface area contributed by atoms with Crippen LogP contribution in [-0.4, -0.2) is 26.6 Å². The van der Waals surface area contributed by atoms with E-state index in [1.165, 1.54) is 6.92 Å². The number of anilines is 2. The van der Waals surface area contributed by atoms with Gasteiger partial charge in [-0.05, 0) is 38.1 Å². The van der Waals surface area contributed by atoms with Gasteiger partial charge in [-0.15, -0.1) is 0 Å². The molecular weight excluding hydrogens is 383 g/mol. The van der Waals surface area contributed by atoms with Crippen molar-refractivity contribution in [3.63, 3.8) is 0 Å². The number of carbonyl (C=O) groups is 1. The normalized spacial score (nSPS) is 12.5. The zero-order valence-electron chi connectivity index (χ0n) is 14.0. The highest BCUT2D eigenvalue weighted by atomic mass is 35.5. The molecule has 2 rings (SSSR count). The molecule has 1 atom stereocenters. The van der Waals surface area contributed by atoms with Crippen LogP contribution in [0.25, 0.3) is 0 Å². The summed E-state index contributed by atoms with van der Waals surface area (Å²) in [5.41, 5.74) is 1.72. The largest absolute Gasteiger partial charge is 0.323 e. The number of rotatable bonds is 5. The second kappa shape index (κ2) is 7.64. The van der Waals surface area contributed by atoms with E-state index in [0.29, 0.717) is 16.4 Å². The second-order valence-electron chi connectivity index (χ2n) is 5.66. The van der Waals surface area contributed by atoms with Gasteiger partial charge in [0.05, 0.1) is 27.7 Å². The number of amides is 1. The topological polar surface area (TPSA) is 66.5 Å². The van der Waals surface area contributed by atoms with Gasteiger partial charge in [0, 0.05) is 0 Å². The molecule has 0 heterocycles. The molecule has 1 amide bonds. The van der Waals surface area contributed by atoms with Gasteiger partial charge in [0.2, 0.25) is 15.9 Å². The summed E-state index contributed by atoms with van der Waals surface area (Å²) in [6.07, 6.45) is 1.06. The van der Waals surface area contributed by atoms with Crippen LogP contribution in [-0.2, 0) is 14.8 Å². The first-order valence-electron chi connectivity index (χ1n) is 7.42. The van der Waals surface area contributed by atoms with Crippen LogP contribution >= 0.6 is 23.2 Å². The minimum atomic E-state index is -3.67. The highest BCUT2D eigenvalue weighted by molar-refractivity contribution is 7.92. The van der Waals surface area contributed by atoms with Crippen LogP contribution < -0.4 is 9.62 Å². The molecule has 0 bridgehead atoms. The van der Waals surface area contributed by atoms with Crippen LogP contribution in [0.15, 0.2) is 42.5 Å². The van der Waals surface area contributed by atoms with Gasteiger partial charge in [-0.1, -0.05) is 47.0 Å². The van der Waals surface area contributed by atoms with Crippen LogP contribution in [0.1, 0.15) is 12.5 Å². The summed E-state index contributed by atoms with van der Waals surface area (Å²) in [7, 11) is -3.67. The number of halogens is 2. The molecule has 8 heteroatoms. The lowest BCUT2D eigenvalue weighted by atomic mass is 10.2. The molecule has 0 saturated heterocycles. The lowest BCUT2D eigenvalue weighted by Crippen LogP contribution is -2.45. The Morgan fingerprint density at radius 3 is 2.28 bits per heavy atom. The van der Waals surface area contributed by atoms with Crippen molar-refractivity contribution in [1.29, 1.82) is 0 Å². The standard InChI is InChI=1S/C17H18Cl2N2O3S/c1-11-7-9-13(10-8-11)21(25(3,23)24)12(2)17(22)20-15-6-4-5-14(18)16(15)19/h4-10,12H,1-3H3,(H,20,22)/t12-/m1/s1. The highest BCUT2D eigenvalue weighted by Gasteiger charge is 2.29. The number of nitrogens with zero attached hydrogens (tertiary/aromatic N) is 1. The summed E-state index contributed by atoms with van der Waals surface area (Å²) in [6, 6.07) is 10.7. The number of carbonyl (C=O) groups excluding carboxylic acids is 1. The van der Waals surface area contributed by atoms with Crippen LogP contribution in [0.2, 0.25) is 10.0 Å². The van der Waals surface area contributed by atoms with Crippen molar-refractivity contribution < 1.29 is 13.2 Å². The summed E-state index contributed by atoms with van der Waals surface area (Å²) in [4.78, 5) is 12.6. The number of nitrogens with one attached hydrogen (secondary N) is 1. The molecule has 1 N–H and O–H groups in total. The van der Waals surface area contributed by atoms with E-state index in [2.05, 4.69) is 5.32 Å². The Balaban J connectivity index is 2.33. The number of benzene rings is 2.